The molecule has 0 fully saturated rings. The minimum atomic E-state index is -0.351. The van der Waals surface area contributed by atoms with Gasteiger partial charge >= 0.3 is 5.97 Å². The van der Waals surface area contributed by atoms with Crippen molar-refractivity contribution in [1.29, 1.82) is 0 Å². The Morgan fingerprint density at radius 1 is 0.717 bits per heavy atom. The summed E-state index contributed by atoms with van der Waals surface area (Å²) in [7, 11) is 0. The van der Waals surface area contributed by atoms with Gasteiger partial charge in [0.05, 0.1) is 24.1 Å². The minimum Gasteiger partial charge on any atom is -0.490 e. The summed E-state index contributed by atoms with van der Waals surface area (Å²) in [6.45, 7) is 5.42. The van der Waals surface area contributed by atoms with Gasteiger partial charge in [-0.3, -0.25) is 9.59 Å². The number of ether oxygens (including phenoxy) is 4. The molecule has 0 saturated heterocycles. The predicted molar refractivity (Wildman–Crippen MR) is 175 cm³/mol. The molecule has 1 amide bonds. The highest BCUT2D eigenvalue weighted by Crippen LogP contribution is 2.21. The number of hydrogen-bond donors (Lipinski definition) is 0. The van der Waals surface area contributed by atoms with Gasteiger partial charge in [-0.25, -0.2) is 9.97 Å². The average molecular weight is 620 g/mol. The second-order valence-electron chi connectivity index (χ2n) is 10.5. The van der Waals surface area contributed by atoms with E-state index < -0.39 is 0 Å². The lowest BCUT2D eigenvalue weighted by Crippen LogP contribution is -2.33. The van der Waals surface area contributed by atoms with Gasteiger partial charge in [0.15, 0.2) is 0 Å². The van der Waals surface area contributed by atoms with Gasteiger partial charge in [0, 0.05) is 18.7 Å². The second-order valence-corrected chi connectivity index (χ2v) is 10.5. The van der Waals surface area contributed by atoms with Crippen LogP contribution in [0.25, 0.3) is 11.0 Å². The van der Waals surface area contributed by atoms with Crippen LogP contribution in [-0.2, 0) is 22.7 Å². The number of nitrogens with zero attached hydrogens (tertiary/aromatic N) is 3. The van der Waals surface area contributed by atoms with Crippen LogP contribution in [0.1, 0.15) is 40.5 Å². The largest absolute Gasteiger partial charge is 0.490 e. The molecule has 0 aliphatic heterocycles. The molecule has 0 radical (unpaired) electrons. The van der Waals surface area contributed by atoms with Crippen molar-refractivity contribution in [2.24, 2.45) is 0 Å². The van der Waals surface area contributed by atoms with Crippen LogP contribution < -0.4 is 14.2 Å². The second kappa shape index (κ2) is 16.0. The molecule has 0 saturated carbocycles. The molecule has 0 bridgehead atoms. The standard InChI is InChI=1S/C37H37N3O6/c1-3-43-35(41)20-21-40(25-29-12-9-13-32(24-29)46-26-28-10-5-4-6-11-28)37(42)30-16-18-31(19-17-30)44-22-23-45-36-27(2)38-33-14-7-8-15-34(33)39-36/h4-19,24H,3,20-23,25-26H2,1-2H3. The van der Waals surface area contributed by atoms with Crippen LogP contribution in [0, 0.1) is 6.92 Å². The molecule has 0 spiro atoms. The summed E-state index contributed by atoms with van der Waals surface area (Å²) in [5.74, 6) is 1.21. The van der Waals surface area contributed by atoms with Gasteiger partial charge in [-0.1, -0.05) is 54.6 Å². The van der Waals surface area contributed by atoms with Crippen molar-refractivity contribution in [2.45, 2.75) is 33.4 Å². The van der Waals surface area contributed by atoms with Gasteiger partial charge in [-0.2, -0.15) is 0 Å². The van der Waals surface area contributed by atoms with Crippen LogP contribution in [-0.4, -0.2) is 53.1 Å². The molecule has 0 atom stereocenters. The summed E-state index contributed by atoms with van der Waals surface area (Å²) in [6.07, 6.45) is 0.0893. The van der Waals surface area contributed by atoms with Gasteiger partial charge < -0.3 is 23.8 Å². The van der Waals surface area contributed by atoms with E-state index in [4.69, 9.17) is 18.9 Å². The molecule has 1 heterocycles. The van der Waals surface area contributed by atoms with Gasteiger partial charge in [0.25, 0.3) is 5.91 Å². The lowest BCUT2D eigenvalue weighted by molar-refractivity contribution is -0.143. The molecule has 46 heavy (non-hydrogen) atoms. The number of amides is 1. The molecule has 0 aliphatic carbocycles. The van der Waals surface area contributed by atoms with Crippen LogP contribution in [0.15, 0.2) is 103 Å². The van der Waals surface area contributed by atoms with Crippen LogP contribution in [0.5, 0.6) is 17.4 Å². The van der Waals surface area contributed by atoms with E-state index in [-0.39, 0.29) is 44.7 Å². The van der Waals surface area contributed by atoms with E-state index in [1.165, 1.54) is 0 Å². The van der Waals surface area contributed by atoms with Crippen molar-refractivity contribution in [3.8, 4) is 17.4 Å². The zero-order chi connectivity index (χ0) is 32.1. The molecular formula is C37H37N3O6. The van der Waals surface area contributed by atoms with E-state index >= 15 is 0 Å². The van der Waals surface area contributed by atoms with E-state index in [9.17, 15) is 9.59 Å². The number of carbonyl (C=O) groups excluding carboxylic acids is 2. The number of esters is 1. The Morgan fingerprint density at radius 3 is 2.17 bits per heavy atom. The SMILES string of the molecule is CCOC(=O)CCN(Cc1cccc(OCc2ccccc2)c1)C(=O)c1ccc(OCCOc2nc3ccccc3nc2C)cc1. The number of fused-ring (bicyclic) bond motifs is 1. The Hall–Kier alpha value is -5.44. The number of aromatic nitrogens is 2. The van der Waals surface area contributed by atoms with E-state index in [1.54, 1.807) is 36.1 Å². The monoisotopic (exact) mass is 619 g/mol. The zero-order valence-corrected chi connectivity index (χ0v) is 26.1. The molecule has 9 nitrogen and oxygen atoms in total. The summed E-state index contributed by atoms with van der Waals surface area (Å²) >= 11 is 0. The van der Waals surface area contributed by atoms with Crippen molar-refractivity contribution < 1.29 is 28.5 Å². The number of aryl methyl sites for hydroxylation is 1. The first-order chi connectivity index (χ1) is 22.5. The number of rotatable bonds is 15. The van der Waals surface area contributed by atoms with Gasteiger partial charge in [0.1, 0.15) is 37.0 Å². The Bertz CT molecular complexity index is 1740. The minimum absolute atomic E-state index is 0.0893. The third-order valence-corrected chi connectivity index (χ3v) is 7.09. The lowest BCUT2D eigenvalue weighted by atomic mass is 10.1. The highest BCUT2D eigenvalue weighted by molar-refractivity contribution is 5.94. The van der Waals surface area contributed by atoms with E-state index in [0.717, 1.165) is 22.2 Å². The van der Waals surface area contributed by atoms with E-state index in [2.05, 4.69) is 9.97 Å². The third kappa shape index (κ3) is 9.04. The highest BCUT2D eigenvalue weighted by atomic mass is 16.5. The molecule has 5 aromatic rings. The third-order valence-electron chi connectivity index (χ3n) is 7.09. The molecule has 4 aromatic carbocycles. The fourth-order valence-corrected chi connectivity index (χ4v) is 4.79. The van der Waals surface area contributed by atoms with Crippen LogP contribution in [0.2, 0.25) is 0 Å². The van der Waals surface area contributed by atoms with Crippen LogP contribution in [0.3, 0.4) is 0 Å². The van der Waals surface area contributed by atoms with Crippen LogP contribution >= 0.6 is 0 Å². The van der Waals surface area contributed by atoms with Crippen molar-refractivity contribution in [2.75, 3.05) is 26.4 Å². The molecule has 0 unspecified atom stereocenters. The predicted octanol–water partition coefficient (Wildman–Crippen LogP) is 6.57. The maximum atomic E-state index is 13.6. The first-order valence-electron chi connectivity index (χ1n) is 15.3. The first-order valence-corrected chi connectivity index (χ1v) is 15.3. The highest BCUT2D eigenvalue weighted by Gasteiger charge is 2.19. The maximum absolute atomic E-state index is 13.6. The topological polar surface area (TPSA) is 100 Å². The smallest absolute Gasteiger partial charge is 0.307 e. The number of carbonyl (C=O) groups is 2. The van der Waals surface area contributed by atoms with Crippen molar-refractivity contribution in [3.05, 3.63) is 126 Å². The number of hydrogen-bond acceptors (Lipinski definition) is 8. The molecule has 0 aliphatic rings. The van der Waals surface area contributed by atoms with Gasteiger partial charge in [0.2, 0.25) is 5.88 Å². The van der Waals surface area contributed by atoms with E-state index in [1.807, 2.05) is 85.8 Å². The van der Waals surface area contributed by atoms with Crippen molar-refractivity contribution >= 4 is 22.9 Å². The van der Waals surface area contributed by atoms with Crippen LogP contribution in [0.4, 0.5) is 0 Å². The fourth-order valence-electron chi connectivity index (χ4n) is 4.79. The Morgan fingerprint density at radius 2 is 1.41 bits per heavy atom. The van der Waals surface area contributed by atoms with Gasteiger partial charge in [-0.05, 0) is 73.5 Å². The molecule has 9 heteroatoms. The van der Waals surface area contributed by atoms with E-state index in [0.29, 0.717) is 41.8 Å². The normalized spacial score (nSPS) is 10.7. The maximum Gasteiger partial charge on any atom is 0.307 e. The molecule has 236 valence electrons. The summed E-state index contributed by atoms with van der Waals surface area (Å²) < 4.78 is 22.8. The Kier molecular flexibility index (Phi) is 11.1. The quantitative estimate of drug-likeness (QED) is 0.0959. The fraction of sp³-hybridized carbons (Fsp3) is 0.243. The van der Waals surface area contributed by atoms with Crippen molar-refractivity contribution in [1.82, 2.24) is 14.9 Å². The average Bonchev–Trinajstić information content (AvgIpc) is 3.08. The number of para-hydroxylation sites is 2. The summed E-state index contributed by atoms with van der Waals surface area (Å²) in [4.78, 5) is 36.5. The number of benzene rings is 4. The molecule has 1 aromatic heterocycles. The summed E-state index contributed by atoms with van der Waals surface area (Å²) in [5, 5.41) is 0. The lowest BCUT2D eigenvalue weighted by Gasteiger charge is -2.23. The first kappa shape index (κ1) is 32.0. The Labute approximate surface area is 268 Å². The van der Waals surface area contributed by atoms with Gasteiger partial charge in [-0.15, -0.1) is 0 Å². The van der Waals surface area contributed by atoms with Crippen molar-refractivity contribution in [3.63, 3.8) is 0 Å². The molecule has 5 rings (SSSR count). The summed E-state index contributed by atoms with van der Waals surface area (Å²) in [5.41, 5.74) is 4.72. The summed E-state index contributed by atoms with van der Waals surface area (Å²) in [6, 6.07) is 32.1. The Balaban J connectivity index is 1.18. The molecular weight excluding hydrogens is 582 g/mol. The zero-order valence-electron chi connectivity index (χ0n) is 26.1. The molecule has 0 N–H and O–H groups in total.